The SMILES string of the molecule is Cl.Cn1c(C(=O)Nc2ccc3c(c2)CCCN3)ccc1[N+](=O)[O-]. The molecule has 0 saturated carbocycles. The molecule has 0 radical (unpaired) electrons. The van der Waals surface area contributed by atoms with Crippen LogP contribution in [-0.2, 0) is 13.5 Å². The molecule has 23 heavy (non-hydrogen) atoms. The Kier molecular flexibility index (Phi) is 4.90. The molecule has 2 aromatic rings. The number of rotatable bonds is 3. The summed E-state index contributed by atoms with van der Waals surface area (Å²) in [7, 11) is 1.50. The number of aryl methyl sites for hydroxylation is 1. The van der Waals surface area contributed by atoms with Gasteiger partial charge in [0.25, 0.3) is 5.91 Å². The summed E-state index contributed by atoms with van der Waals surface area (Å²) in [5.41, 5.74) is 3.21. The van der Waals surface area contributed by atoms with E-state index in [4.69, 9.17) is 0 Å². The normalized spacial score (nSPS) is 12.6. The second kappa shape index (κ2) is 6.70. The summed E-state index contributed by atoms with van der Waals surface area (Å²) in [4.78, 5) is 22.6. The van der Waals surface area contributed by atoms with Crippen molar-refractivity contribution in [1.82, 2.24) is 4.57 Å². The molecule has 0 spiro atoms. The average molecular weight is 337 g/mol. The molecule has 1 aliphatic rings. The summed E-state index contributed by atoms with van der Waals surface area (Å²) in [6.07, 6.45) is 2.04. The summed E-state index contributed by atoms with van der Waals surface area (Å²) in [6.45, 7) is 0.964. The molecule has 1 aromatic heterocycles. The molecule has 0 aliphatic carbocycles. The Morgan fingerprint density at radius 1 is 1.35 bits per heavy atom. The highest BCUT2D eigenvalue weighted by atomic mass is 35.5. The quantitative estimate of drug-likeness (QED) is 0.666. The van der Waals surface area contributed by atoms with Crippen molar-refractivity contribution < 1.29 is 9.72 Å². The van der Waals surface area contributed by atoms with Crippen LogP contribution < -0.4 is 10.6 Å². The Morgan fingerprint density at radius 3 is 2.83 bits per heavy atom. The van der Waals surface area contributed by atoms with Crippen LogP contribution in [0.25, 0.3) is 0 Å². The minimum atomic E-state index is -0.513. The monoisotopic (exact) mass is 336 g/mol. The first-order valence-electron chi connectivity index (χ1n) is 7.04. The van der Waals surface area contributed by atoms with Crippen LogP contribution >= 0.6 is 12.4 Å². The van der Waals surface area contributed by atoms with Gasteiger partial charge in [0.1, 0.15) is 0 Å². The Morgan fingerprint density at radius 2 is 2.13 bits per heavy atom. The third kappa shape index (κ3) is 3.29. The zero-order chi connectivity index (χ0) is 15.7. The molecule has 0 unspecified atom stereocenters. The Bertz CT molecular complexity index is 757. The smallest absolute Gasteiger partial charge is 0.323 e. The predicted octanol–water partition coefficient (Wildman–Crippen LogP) is 2.97. The summed E-state index contributed by atoms with van der Waals surface area (Å²) in [5.74, 6) is -0.473. The van der Waals surface area contributed by atoms with E-state index < -0.39 is 4.92 Å². The van der Waals surface area contributed by atoms with Gasteiger partial charge in [0.15, 0.2) is 5.69 Å². The number of carbonyl (C=O) groups excluding carboxylic acids is 1. The first-order chi connectivity index (χ1) is 10.6. The third-order valence-corrected chi connectivity index (χ3v) is 3.82. The summed E-state index contributed by atoms with van der Waals surface area (Å²) >= 11 is 0. The van der Waals surface area contributed by atoms with E-state index in [-0.39, 0.29) is 29.8 Å². The molecule has 2 heterocycles. The highest BCUT2D eigenvalue weighted by Gasteiger charge is 2.21. The standard InChI is InChI=1S/C15H16N4O3.ClH/c1-18-13(6-7-14(18)19(21)22)15(20)17-11-4-5-12-10(9-11)3-2-8-16-12;/h4-7,9,16H,2-3,8H2,1H3,(H,17,20);1H. The van der Waals surface area contributed by atoms with E-state index >= 15 is 0 Å². The van der Waals surface area contributed by atoms with Gasteiger partial charge in [0.05, 0.1) is 7.05 Å². The lowest BCUT2D eigenvalue weighted by atomic mass is 10.0. The summed E-state index contributed by atoms with van der Waals surface area (Å²) in [5, 5.41) is 16.9. The molecule has 2 N–H and O–H groups in total. The number of halogens is 1. The van der Waals surface area contributed by atoms with E-state index in [2.05, 4.69) is 10.6 Å². The van der Waals surface area contributed by atoms with Gasteiger partial charge in [-0.2, -0.15) is 0 Å². The lowest BCUT2D eigenvalue weighted by molar-refractivity contribution is -0.391. The summed E-state index contributed by atoms with van der Waals surface area (Å²) in [6, 6.07) is 8.49. The number of benzene rings is 1. The average Bonchev–Trinajstić information content (AvgIpc) is 2.89. The topological polar surface area (TPSA) is 89.2 Å². The number of nitrogens with one attached hydrogen (secondary N) is 2. The maximum absolute atomic E-state index is 12.3. The zero-order valence-corrected chi connectivity index (χ0v) is 13.4. The van der Waals surface area contributed by atoms with Crippen LogP contribution in [0.1, 0.15) is 22.5 Å². The highest BCUT2D eigenvalue weighted by molar-refractivity contribution is 6.03. The molecule has 0 fully saturated rings. The largest absolute Gasteiger partial charge is 0.385 e. The van der Waals surface area contributed by atoms with Gasteiger partial charge in [0.2, 0.25) is 0 Å². The molecule has 1 aromatic carbocycles. The third-order valence-electron chi connectivity index (χ3n) is 3.82. The molecule has 8 heteroatoms. The first-order valence-corrected chi connectivity index (χ1v) is 7.04. The Hall–Kier alpha value is -2.54. The fraction of sp³-hybridized carbons (Fsp3) is 0.267. The van der Waals surface area contributed by atoms with Crippen LogP contribution in [0, 0.1) is 10.1 Å². The van der Waals surface area contributed by atoms with E-state index in [1.54, 1.807) is 0 Å². The van der Waals surface area contributed by atoms with Gasteiger partial charge in [-0.1, -0.05) is 0 Å². The molecule has 122 valence electrons. The van der Waals surface area contributed by atoms with Crippen molar-refractivity contribution in [2.45, 2.75) is 12.8 Å². The number of hydrogen-bond acceptors (Lipinski definition) is 4. The molecular formula is C15H17ClN4O3. The molecule has 0 saturated heterocycles. The minimum absolute atomic E-state index is 0. The van der Waals surface area contributed by atoms with E-state index in [0.29, 0.717) is 5.69 Å². The number of nitro groups is 1. The van der Waals surface area contributed by atoms with E-state index in [0.717, 1.165) is 25.1 Å². The zero-order valence-electron chi connectivity index (χ0n) is 12.5. The van der Waals surface area contributed by atoms with Crippen LogP contribution in [-0.4, -0.2) is 21.9 Å². The van der Waals surface area contributed by atoms with Crippen LogP contribution in [0.4, 0.5) is 17.2 Å². The second-order valence-corrected chi connectivity index (χ2v) is 5.25. The van der Waals surface area contributed by atoms with Crippen LogP contribution in [0.15, 0.2) is 30.3 Å². The van der Waals surface area contributed by atoms with Crippen molar-refractivity contribution >= 4 is 35.5 Å². The van der Waals surface area contributed by atoms with Gasteiger partial charge >= 0.3 is 5.82 Å². The number of amides is 1. The fourth-order valence-electron chi connectivity index (χ4n) is 2.66. The molecule has 1 amide bonds. The molecule has 1 aliphatic heterocycles. The van der Waals surface area contributed by atoms with Crippen molar-refractivity contribution in [3.05, 3.63) is 51.7 Å². The number of carbonyl (C=O) groups is 1. The van der Waals surface area contributed by atoms with Crippen molar-refractivity contribution in [2.24, 2.45) is 7.05 Å². The molecule has 0 bridgehead atoms. The van der Waals surface area contributed by atoms with E-state index in [1.165, 1.54) is 29.3 Å². The van der Waals surface area contributed by atoms with Crippen LogP contribution in [0.5, 0.6) is 0 Å². The maximum Gasteiger partial charge on any atom is 0.323 e. The first kappa shape index (κ1) is 16.8. The van der Waals surface area contributed by atoms with Gasteiger partial charge < -0.3 is 20.7 Å². The highest BCUT2D eigenvalue weighted by Crippen LogP contribution is 2.25. The van der Waals surface area contributed by atoms with Crippen LogP contribution in [0.2, 0.25) is 0 Å². The maximum atomic E-state index is 12.3. The number of aromatic nitrogens is 1. The van der Waals surface area contributed by atoms with Crippen molar-refractivity contribution in [3.8, 4) is 0 Å². The Balaban J connectivity index is 0.00000192. The molecular weight excluding hydrogens is 320 g/mol. The van der Waals surface area contributed by atoms with E-state index in [9.17, 15) is 14.9 Å². The number of nitrogens with zero attached hydrogens (tertiary/aromatic N) is 2. The molecule has 0 atom stereocenters. The van der Waals surface area contributed by atoms with Crippen molar-refractivity contribution in [1.29, 1.82) is 0 Å². The lowest BCUT2D eigenvalue weighted by Crippen LogP contribution is -2.17. The second-order valence-electron chi connectivity index (χ2n) is 5.25. The Labute approximate surface area is 139 Å². The number of fused-ring (bicyclic) bond motifs is 1. The number of anilines is 2. The number of hydrogen-bond donors (Lipinski definition) is 2. The van der Waals surface area contributed by atoms with Gasteiger partial charge in [0, 0.05) is 24.0 Å². The molecule has 3 rings (SSSR count). The van der Waals surface area contributed by atoms with Crippen LogP contribution in [0.3, 0.4) is 0 Å². The van der Waals surface area contributed by atoms with Gasteiger partial charge in [-0.3, -0.25) is 4.79 Å². The fourth-order valence-corrected chi connectivity index (χ4v) is 2.66. The predicted molar refractivity (Wildman–Crippen MR) is 90.5 cm³/mol. The van der Waals surface area contributed by atoms with E-state index in [1.807, 2.05) is 18.2 Å². The lowest BCUT2D eigenvalue weighted by Gasteiger charge is -2.18. The minimum Gasteiger partial charge on any atom is -0.385 e. The van der Waals surface area contributed by atoms with Crippen molar-refractivity contribution in [2.75, 3.05) is 17.2 Å². The summed E-state index contributed by atoms with van der Waals surface area (Å²) < 4.78 is 1.27. The van der Waals surface area contributed by atoms with Gasteiger partial charge in [-0.05, 0) is 47.6 Å². The van der Waals surface area contributed by atoms with Gasteiger partial charge in [-0.25, -0.2) is 4.57 Å². The molecule has 7 nitrogen and oxygen atoms in total. The van der Waals surface area contributed by atoms with Crippen molar-refractivity contribution in [3.63, 3.8) is 0 Å². The van der Waals surface area contributed by atoms with Gasteiger partial charge in [-0.15, -0.1) is 12.4 Å².